The number of carbonyl (C=O) groups is 1. The van der Waals surface area contributed by atoms with Crippen molar-refractivity contribution in [2.75, 3.05) is 19.4 Å². The highest BCUT2D eigenvalue weighted by Crippen LogP contribution is 2.22. The monoisotopic (exact) mass is 515 g/mol. The molecule has 0 aliphatic rings. The van der Waals surface area contributed by atoms with Crippen LogP contribution in [0.1, 0.15) is 23.1 Å². The van der Waals surface area contributed by atoms with Gasteiger partial charge in [-0.05, 0) is 54.3 Å². The van der Waals surface area contributed by atoms with Crippen LogP contribution in [0.15, 0.2) is 82.6 Å². The Balaban J connectivity index is 1.59. The molecule has 0 heterocycles. The summed E-state index contributed by atoms with van der Waals surface area (Å²) in [6, 6.07) is 20.2. The van der Waals surface area contributed by atoms with E-state index in [1.54, 1.807) is 25.1 Å². The van der Waals surface area contributed by atoms with Crippen LogP contribution in [-0.2, 0) is 37.8 Å². The molecule has 0 radical (unpaired) electrons. The summed E-state index contributed by atoms with van der Waals surface area (Å²) in [6.45, 7) is 1.98. The summed E-state index contributed by atoms with van der Waals surface area (Å²) in [6.07, 6.45) is 0.556. The number of rotatable bonds is 10. The molecule has 2 N–H and O–H groups in total. The van der Waals surface area contributed by atoms with Gasteiger partial charge in [-0.25, -0.2) is 25.9 Å². The van der Waals surface area contributed by atoms with Gasteiger partial charge in [0, 0.05) is 32.7 Å². The molecule has 0 unspecified atom stereocenters. The van der Waals surface area contributed by atoms with Crippen molar-refractivity contribution in [1.82, 2.24) is 9.03 Å². The molecule has 0 atom stereocenters. The van der Waals surface area contributed by atoms with Gasteiger partial charge in [-0.2, -0.15) is 0 Å². The van der Waals surface area contributed by atoms with Crippen LogP contribution >= 0.6 is 0 Å². The molecule has 0 fully saturated rings. The van der Waals surface area contributed by atoms with Gasteiger partial charge in [0.2, 0.25) is 26.0 Å². The number of anilines is 1. The Morgan fingerprint density at radius 3 is 2.09 bits per heavy atom. The quantitative estimate of drug-likeness (QED) is 0.430. The van der Waals surface area contributed by atoms with Crippen molar-refractivity contribution in [2.45, 2.75) is 36.1 Å². The van der Waals surface area contributed by atoms with Gasteiger partial charge < -0.3 is 5.32 Å². The van der Waals surface area contributed by atoms with Gasteiger partial charge in [-0.1, -0.05) is 48.5 Å². The topological polar surface area (TPSA) is 113 Å². The van der Waals surface area contributed by atoms with Crippen LogP contribution in [0.2, 0.25) is 0 Å². The number of sulfonamides is 2. The highest BCUT2D eigenvalue weighted by atomic mass is 32.2. The van der Waals surface area contributed by atoms with Crippen molar-refractivity contribution in [2.24, 2.45) is 0 Å². The van der Waals surface area contributed by atoms with Crippen LogP contribution in [0.3, 0.4) is 0 Å². The Morgan fingerprint density at radius 1 is 0.829 bits per heavy atom. The van der Waals surface area contributed by atoms with E-state index in [0.717, 1.165) is 21.0 Å². The minimum absolute atomic E-state index is 0.0982. The van der Waals surface area contributed by atoms with Crippen LogP contribution in [0.25, 0.3) is 0 Å². The van der Waals surface area contributed by atoms with E-state index in [9.17, 15) is 21.6 Å². The lowest BCUT2D eigenvalue weighted by Crippen LogP contribution is -2.23. The van der Waals surface area contributed by atoms with E-state index < -0.39 is 20.0 Å². The molecule has 0 aliphatic carbocycles. The van der Waals surface area contributed by atoms with Crippen molar-refractivity contribution in [3.63, 3.8) is 0 Å². The second-order valence-electron chi connectivity index (χ2n) is 8.27. The van der Waals surface area contributed by atoms with Crippen molar-refractivity contribution in [3.05, 3.63) is 89.5 Å². The molecular weight excluding hydrogens is 486 g/mol. The molecular formula is C25H29N3O5S2. The third-order valence-electron chi connectivity index (χ3n) is 5.45. The molecule has 3 aromatic carbocycles. The minimum Gasteiger partial charge on any atom is -0.326 e. The summed E-state index contributed by atoms with van der Waals surface area (Å²) >= 11 is 0. The summed E-state index contributed by atoms with van der Waals surface area (Å²) in [5.74, 6) is -0.270. The molecule has 0 saturated carbocycles. The number of hydrogen-bond acceptors (Lipinski definition) is 5. The molecule has 10 heteroatoms. The first-order valence-corrected chi connectivity index (χ1v) is 13.9. The Hall–Kier alpha value is -3.05. The number of nitrogens with one attached hydrogen (secondary N) is 2. The number of amides is 1. The molecule has 1 amide bonds. The van der Waals surface area contributed by atoms with Crippen molar-refractivity contribution in [1.29, 1.82) is 0 Å². The summed E-state index contributed by atoms with van der Waals surface area (Å²) < 4.78 is 53.5. The molecule has 35 heavy (non-hydrogen) atoms. The molecule has 0 saturated heterocycles. The van der Waals surface area contributed by atoms with E-state index in [0.29, 0.717) is 12.1 Å². The third-order valence-corrected chi connectivity index (χ3v) is 8.67. The summed E-state index contributed by atoms with van der Waals surface area (Å²) in [5.41, 5.74) is 2.85. The van der Waals surface area contributed by atoms with E-state index >= 15 is 0 Å². The number of carbonyl (C=O) groups excluding carboxylic acids is 1. The van der Waals surface area contributed by atoms with Crippen LogP contribution in [-0.4, -0.2) is 41.1 Å². The Bertz CT molecular complexity index is 1390. The fraction of sp³-hybridized carbons (Fsp3) is 0.240. The molecule has 0 aromatic heterocycles. The van der Waals surface area contributed by atoms with Crippen LogP contribution in [0, 0.1) is 6.92 Å². The van der Waals surface area contributed by atoms with E-state index in [4.69, 9.17) is 0 Å². The molecule has 0 bridgehead atoms. The summed E-state index contributed by atoms with van der Waals surface area (Å²) in [4.78, 5) is 12.7. The number of aryl methyl sites for hydroxylation is 2. The largest absolute Gasteiger partial charge is 0.326 e. The van der Waals surface area contributed by atoms with Gasteiger partial charge in [-0.3, -0.25) is 4.79 Å². The van der Waals surface area contributed by atoms with Gasteiger partial charge in [0.25, 0.3) is 0 Å². The molecule has 186 valence electrons. The molecule has 3 aromatic rings. The summed E-state index contributed by atoms with van der Waals surface area (Å²) in [7, 11) is -4.38. The number of benzene rings is 3. The zero-order chi connectivity index (χ0) is 25.6. The van der Waals surface area contributed by atoms with Crippen LogP contribution in [0.4, 0.5) is 5.69 Å². The van der Waals surface area contributed by atoms with Crippen LogP contribution < -0.4 is 10.0 Å². The van der Waals surface area contributed by atoms with Crippen molar-refractivity contribution >= 4 is 31.6 Å². The van der Waals surface area contributed by atoms with Crippen LogP contribution in [0.5, 0.6) is 0 Å². The lowest BCUT2D eigenvalue weighted by molar-refractivity contribution is -0.116. The van der Waals surface area contributed by atoms with Gasteiger partial charge in [-0.15, -0.1) is 0 Å². The molecule has 3 rings (SSSR count). The normalized spacial score (nSPS) is 12.0. The predicted molar refractivity (Wildman–Crippen MR) is 136 cm³/mol. The number of nitrogens with zero attached hydrogens (tertiary/aromatic N) is 1. The van der Waals surface area contributed by atoms with E-state index in [-0.39, 0.29) is 28.7 Å². The van der Waals surface area contributed by atoms with E-state index in [1.807, 2.05) is 30.3 Å². The van der Waals surface area contributed by atoms with Gasteiger partial charge in [0.05, 0.1) is 9.79 Å². The van der Waals surface area contributed by atoms with E-state index in [1.165, 1.54) is 38.4 Å². The highest BCUT2D eigenvalue weighted by molar-refractivity contribution is 7.89. The van der Waals surface area contributed by atoms with Gasteiger partial charge in [0.1, 0.15) is 0 Å². The highest BCUT2D eigenvalue weighted by Gasteiger charge is 2.19. The van der Waals surface area contributed by atoms with Gasteiger partial charge >= 0.3 is 0 Å². The first-order chi connectivity index (χ1) is 16.5. The van der Waals surface area contributed by atoms with Crippen molar-refractivity contribution in [3.8, 4) is 0 Å². The zero-order valence-corrected chi connectivity index (χ0v) is 21.5. The van der Waals surface area contributed by atoms with Crippen molar-refractivity contribution < 1.29 is 21.6 Å². The SMILES string of the molecule is Cc1ccc(S(=O)(=O)N(C)C)cc1NC(=O)CCc1ccc(S(=O)(=O)NCc2ccccc2)cc1. The molecule has 0 aliphatic heterocycles. The average Bonchev–Trinajstić information content (AvgIpc) is 2.83. The molecule has 0 spiro atoms. The second kappa shape index (κ2) is 11.1. The summed E-state index contributed by atoms with van der Waals surface area (Å²) in [5, 5.41) is 2.77. The van der Waals surface area contributed by atoms with Gasteiger partial charge in [0.15, 0.2) is 0 Å². The first-order valence-electron chi connectivity index (χ1n) is 10.9. The fourth-order valence-corrected chi connectivity index (χ4v) is 5.22. The Morgan fingerprint density at radius 2 is 1.46 bits per heavy atom. The maximum atomic E-state index is 12.5. The maximum absolute atomic E-state index is 12.5. The minimum atomic E-state index is -3.66. The first kappa shape index (κ1) is 26.6. The smallest absolute Gasteiger partial charge is 0.242 e. The number of hydrogen-bond donors (Lipinski definition) is 2. The molecule has 8 nitrogen and oxygen atoms in total. The third kappa shape index (κ3) is 6.98. The average molecular weight is 516 g/mol. The predicted octanol–water partition coefficient (Wildman–Crippen LogP) is 3.30. The zero-order valence-electron chi connectivity index (χ0n) is 19.9. The van der Waals surface area contributed by atoms with E-state index in [2.05, 4.69) is 10.0 Å². The fourth-order valence-electron chi connectivity index (χ4n) is 3.27. The maximum Gasteiger partial charge on any atom is 0.242 e. The second-order valence-corrected chi connectivity index (χ2v) is 12.2. The Kier molecular flexibility index (Phi) is 8.44. The Labute approximate surface area is 207 Å². The standard InChI is InChI=1S/C25H29N3O5S2/c1-19-9-13-23(35(32,33)28(2)3)17-24(19)27-25(29)16-12-20-10-14-22(15-11-20)34(30,31)26-18-21-7-5-4-6-8-21/h4-11,13-15,17,26H,12,16,18H2,1-3H3,(H,27,29). The lowest BCUT2D eigenvalue weighted by Gasteiger charge is -2.14. The lowest BCUT2D eigenvalue weighted by atomic mass is 10.1.